The summed E-state index contributed by atoms with van der Waals surface area (Å²) in [6, 6.07) is 0.599. The smallest absolute Gasteiger partial charge is 0.216 e. The molecule has 0 bridgehead atoms. The minimum absolute atomic E-state index is 0.156. The number of aromatic nitrogens is 2. The van der Waals surface area contributed by atoms with Crippen molar-refractivity contribution in [1.29, 1.82) is 0 Å². The van der Waals surface area contributed by atoms with E-state index in [4.69, 9.17) is 10.5 Å². The van der Waals surface area contributed by atoms with Gasteiger partial charge in [0.25, 0.3) is 0 Å². The summed E-state index contributed by atoms with van der Waals surface area (Å²) in [5, 5.41) is 4.46. The predicted molar refractivity (Wildman–Crippen MR) is 78.4 cm³/mol. The average molecular weight is 268 g/mol. The van der Waals surface area contributed by atoms with Gasteiger partial charge in [-0.05, 0) is 33.7 Å². The first-order chi connectivity index (χ1) is 8.97. The Bertz CT molecular complexity index is 400. The van der Waals surface area contributed by atoms with Crippen LogP contribution in [-0.4, -0.2) is 40.9 Å². The van der Waals surface area contributed by atoms with Crippen LogP contribution in [0.5, 0.6) is 5.88 Å². The average Bonchev–Trinajstić information content (AvgIpc) is 2.63. The molecule has 0 aliphatic rings. The highest BCUT2D eigenvalue weighted by Gasteiger charge is 2.28. The van der Waals surface area contributed by atoms with E-state index < -0.39 is 0 Å². The highest BCUT2D eigenvalue weighted by Crippen LogP contribution is 2.32. The zero-order chi connectivity index (χ0) is 14.6. The summed E-state index contributed by atoms with van der Waals surface area (Å²) in [4.78, 5) is 2.42. The van der Waals surface area contributed by atoms with Crippen LogP contribution in [0.2, 0.25) is 0 Å². The van der Waals surface area contributed by atoms with E-state index in [1.807, 2.05) is 14.0 Å². The van der Waals surface area contributed by atoms with Gasteiger partial charge in [-0.2, -0.15) is 5.10 Å². The van der Waals surface area contributed by atoms with E-state index in [0.29, 0.717) is 12.6 Å². The number of ether oxygens (including phenoxy) is 1. The fourth-order valence-electron chi connectivity index (χ4n) is 2.73. The number of aryl methyl sites for hydroxylation is 2. The largest absolute Gasteiger partial charge is 0.481 e. The Labute approximate surface area is 116 Å². The van der Waals surface area contributed by atoms with Crippen LogP contribution in [0.15, 0.2) is 0 Å². The first kappa shape index (κ1) is 16.0. The maximum Gasteiger partial charge on any atom is 0.216 e. The Kier molecular flexibility index (Phi) is 5.82. The van der Waals surface area contributed by atoms with Crippen LogP contribution in [-0.2, 0) is 7.05 Å². The molecule has 0 amide bonds. The van der Waals surface area contributed by atoms with Gasteiger partial charge >= 0.3 is 0 Å². The first-order valence-electron chi connectivity index (χ1n) is 7.01. The molecule has 0 spiro atoms. The van der Waals surface area contributed by atoms with Crippen LogP contribution >= 0.6 is 0 Å². The molecule has 0 saturated heterocycles. The van der Waals surface area contributed by atoms with Gasteiger partial charge in [-0.3, -0.25) is 4.90 Å². The Hall–Kier alpha value is -1.07. The molecule has 0 aromatic carbocycles. The van der Waals surface area contributed by atoms with Crippen molar-refractivity contribution >= 4 is 0 Å². The molecular formula is C14H28N4O. The molecule has 0 radical (unpaired) electrons. The van der Waals surface area contributed by atoms with Crippen LogP contribution in [0.25, 0.3) is 0 Å². The third kappa shape index (κ3) is 3.28. The minimum atomic E-state index is 0.156. The number of nitrogens with two attached hydrogens (primary N) is 1. The van der Waals surface area contributed by atoms with Crippen molar-refractivity contribution in [3.05, 3.63) is 11.3 Å². The van der Waals surface area contributed by atoms with Gasteiger partial charge in [-0.15, -0.1) is 0 Å². The molecule has 1 heterocycles. The van der Waals surface area contributed by atoms with E-state index in [1.54, 1.807) is 11.8 Å². The zero-order valence-electron chi connectivity index (χ0n) is 13.1. The van der Waals surface area contributed by atoms with Gasteiger partial charge in [-0.1, -0.05) is 6.92 Å². The first-order valence-corrected chi connectivity index (χ1v) is 7.01. The number of rotatable bonds is 7. The Balaban J connectivity index is 3.21. The maximum atomic E-state index is 6.04. The van der Waals surface area contributed by atoms with Gasteiger partial charge in [0.2, 0.25) is 5.88 Å². The Morgan fingerprint density at radius 3 is 2.47 bits per heavy atom. The molecule has 0 aliphatic heterocycles. The van der Waals surface area contributed by atoms with Crippen molar-refractivity contribution < 1.29 is 4.74 Å². The van der Waals surface area contributed by atoms with E-state index in [-0.39, 0.29) is 6.04 Å². The van der Waals surface area contributed by atoms with Crippen LogP contribution in [0.1, 0.15) is 44.5 Å². The number of nitrogens with zero attached hydrogens (tertiary/aromatic N) is 3. The molecule has 5 nitrogen and oxygen atoms in total. The summed E-state index contributed by atoms with van der Waals surface area (Å²) in [6.07, 6.45) is 1.11. The molecule has 0 aliphatic carbocycles. The van der Waals surface area contributed by atoms with Crippen LogP contribution < -0.4 is 10.5 Å². The standard InChI is InChI=1S/C14H28N4O/c1-7-8-18(10(2)3)12(9-15)13-11(4)16-17(5)14(13)19-6/h10,12H,7-9,15H2,1-6H3. The summed E-state index contributed by atoms with van der Waals surface area (Å²) >= 11 is 0. The molecule has 1 rings (SSSR count). The van der Waals surface area contributed by atoms with Gasteiger partial charge in [-0.25, -0.2) is 4.68 Å². The molecule has 110 valence electrons. The second-order valence-corrected chi connectivity index (χ2v) is 5.22. The van der Waals surface area contributed by atoms with Gasteiger partial charge < -0.3 is 10.5 Å². The van der Waals surface area contributed by atoms with Gasteiger partial charge in [0, 0.05) is 19.6 Å². The van der Waals surface area contributed by atoms with Crippen molar-refractivity contribution in [2.75, 3.05) is 20.2 Å². The highest BCUT2D eigenvalue weighted by atomic mass is 16.5. The normalized spacial score (nSPS) is 13.3. The molecule has 1 aromatic rings. The third-order valence-electron chi connectivity index (χ3n) is 3.51. The maximum absolute atomic E-state index is 6.04. The molecule has 19 heavy (non-hydrogen) atoms. The summed E-state index contributed by atoms with van der Waals surface area (Å²) in [5.41, 5.74) is 8.16. The monoisotopic (exact) mass is 268 g/mol. The second-order valence-electron chi connectivity index (χ2n) is 5.22. The summed E-state index contributed by atoms with van der Waals surface area (Å²) in [7, 11) is 3.59. The van der Waals surface area contributed by atoms with Crippen molar-refractivity contribution in [3.8, 4) is 5.88 Å². The lowest BCUT2D eigenvalue weighted by Gasteiger charge is -2.34. The predicted octanol–water partition coefficient (Wildman–Crippen LogP) is 1.86. The molecular weight excluding hydrogens is 240 g/mol. The summed E-state index contributed by atoms with van der Waals surface area (Å²) in [5.74, 6) is 0.815. The Morgan fingerprint density at radius 1 is 1.42 bits per heavy atom. The molecule has 2 N–H and O–H groups in total. The minimum Gasteiger partial charge on any atom is -0.481 e. The molecule has 0 fully saturated rings. The molecule has 5 heteroatoms. The van der Waals surface area contributed by atoms with E-state index in [2.05, 4.69) is 30.8 Å². The quantitative estimate of drug-likeness (QED) is 0.820. The van der Waals surface area contributed by atoms with Crippen molar-refractivity contribution in [2.24, 2.45) is 12.8 Å². The van der Waals surface area contributed by atoms with E-state index in [9.17, 15) is 0 Å². The van der Waals surface area contributed by atoms with E-state index >= 15 is 0 Å². The Morgan fingerprint density at radius 2 is 2.05 bits per heavy atom. The zero-order valence-corrected chi connectivity index (χ0v) is 13.1. The lowest BCUT2D eigenvalue weighted by molar-refractivity contribution is 0.154. The van der Waals surface area contributed by atoms with Crippen molar-refractivity contribution in [1.82, 2.24) is 14.7 Å². The molecule has 0 saturated carbocycles. The van der Waals surface area contributed by atoms with E-state index in [1.165, 1.54) is 0 Å². The van der Waals surface area contributed by atoms with Crippen LogP contribution in [0.3, 0.4) is 0 Å². The highest BCUT2D eigenvalue weighted by molar-refractivity contribution is 5.34. The molecule has 1 atom stereocenters. The van der Waals surface area contributed by atoms with Gasteiger partial charge in [0.15, 0.2) is 0 Å². The van der Waals surface area contributed by atoms with Crippen LogP contribution in [0.4, 0.5) is 0 Å². The van der Waals surface area contributed by atoms with Crippen molar-refractivity contribution in [3.63, 3.8) is 0 Å². The van der Waals surface area contributed by atoms with E-state index in [0.717, 1.165) is 30.1 Å². The third-order valence-corrected chi connectivity index (χ3v) is 3.51. The van der Waals surface area contributed by atoms with Gasteiger partial charge in [0.1, 0.15) is 0 Å². The lowest BCUT2D eigenvalue weighted by Crippen LogP contribution is -2.39. The number of hydrogen-bond donors (Lipinski definition) is 1. The number of methoxy groups -OCH3 is 1. The topological polar surface area (TPSA) is 56.3 Å². The van der Waals surface area contributed by atoms with Crippen LogP contribution in [0, 0.1) is 6.92 Å². The molecule has 1 aromatic heterocycles. The fourth-order valence-corrected chi connectivity index (χ4v) is 2.73. The number of hydrogen-bond acceptors (Lipinski definition) is 4. The summed E-state index contributed by atoms with van der Waals surface area (Å²) < 4.78 is 7.30. The van der Waals surface area contributed by atoms with Gasteiger partial charge in [0.05, 0.1) is 24.4 Å². The summed E-state index contributed by atoms with van der Waals surface area (Å²) in [6.45, 7) is 10.2. The van der Waals surface area contributed by atoms with Crippen molar-refractivity contribution in [2.45, 2.75) is 46.2 Å². The lowest BCUT2D eigenvalue weighted by atomic mass is 10.0. The fraction of sp³-hybridized carbons (Fsp3) is 0.786. The molecule has 1 unspecified atom stereocenters. The second kappa shape index (κ2) is 6.91. The SMILES string of the molecule is CCCN(C(C)C)C(CN)c1c(C)nn(C)c1OC.